The lowest BCUT2D eigenvalue weighted by atomic mass is 10.0. The number of carbonyl (C=O) groups is 3. The van der Waals surface area contributed by atoms with Crippen molar-refractivity contribution in [2.24, 2.45) is 0 Å². The normalized spacial score (nSPS) is 27.1. The Hall–Kier alpha value is -2.25. The Kier molecular flexibility index (Phi) is 12.9. The minimum Gasteiger partial charge on any atom is -0.461 e. The van der Waals surface area contributed by atoms with E-state index in [4.69, 9.17) is 30.4 Å². The van der Waals surface area contributed by atoms with Gasteiger partial charge in [0.1, 0.15) is 24.9 Å². The molecule has 0 aromatic rings. The predicted molar refractivity (Wildman–Crippen MR) is 139 cm³/mol. The van der Waals surface area contributed by atoms with Gasteiger partial charge in [-0.2, -0.15) is 8.42 Å². The average Bonchev–Trinajstić information content (AvgIpc) is 3.20. The maximum atomic E-state index is 12.6. The first-order chi connectivity index (χ1) is 17.8. The van der Waals surface area contributed by atoms with Crippen LogP contribution in [0, 0.1) is 0 Å². The van der Waals surface area contributed by atoms with Crippen LogP contribution in [0.25, 0.3) is 0 Å². The molecule has 0 aromatic carbocycles. The molecule has 1 amide bonds. The third kappa shape index (κ3) is 12.5. The first kappa shape index (κ1) is 32.0. The molecule has 2 heterocycles. The van der Waals surface area contributed by atoms with Crippen LogP contribution in [0.4, 0.5) is 0 Å². The Morgan fingerprint density at radius 2 is 2.00 bits per heavy atom. The van der Waals surface area contributed by atoms with Crippen LogP contribution in [0.5, 0.6) is 0 Å². The third-order valence-corrected chi connectivity index (χ3v) is 7.03. The number of ether oxygens (including phenoxy) is 3. The van der Waals surface area contributed by atoms with E-state index in [1.54, 1.807) is 6.92 Å². The number of amides is 1. The van der Waals surface area contributed by atoms with Gasteiger partial charge in [-0.3, -0.25) is 18.9 Å². The summed E-state index contributed by atoms with van der Waals surface area (Å²) in [4.78, 5) is 35.9. The zero-order valence-corrected chi connectivity index (χ0v) is 23.1. The van der Waals surface area contributed by atoms with Gasteiger partial charge in [0.2, 0.25) is 5.91 Å². The van der Waals surface area contributed by atoms with Gasteiger partial charge in [0.25, 0.3) is 10.1 Å². The van der Waals surface area contributed by atoms with Crippen molar-refractivity contribution < 1.29 is 46.7 Å². The molecule has 2 rings (SSSR count). The second-order valence-electron chi connectivity index (χ2n) is 9.37. The number of fused-ring (bicyclic) bond motifs is 2. The van der Waals surface area contributed by atoms with Crippen molar-refractivity contribution in [2.75, 3.05) is 18.9 Å². The van der Waals surface area contributed by atoms with Gasteiger partial charge in [-0.15, -0.1) is 0 Å². The van der Waals surface area contributed by atoms with E-state index in [9.17, 15) is 27.9 Å². The van der Waals surface area contributed by atoms with Crippen LogP contribution in [-0.4, -0.2) is 79.2 Å². The number of hydrogen-bond donors (Lipinski definition) is 3. The highest BCUT2D eigenvalue weighted by Gasteiger charge is 2.41. The summed E-state index contributed by atoms with van der Waals surface area (Å²) >= 11 is 6.36. The number of esters is 2. The van der Waals surface area contributed by atoms with E-state index in [2.05, 4.69) is 5.32 Å². The van der Waals surface area contributed by atoms with E-state index >= 15 is 0 Å². The largest absolute Gasteiger partial charge is 0.461 e. The van der Waals surface area contributed by atoms with Crippen LogP contribution in [0.1, 0.15) is 58.8 Å². The number of nitrogens with one attached hydrogen (secondary N) is 1. The molecule has 2 aliphatic heterocycles. The molecule has 1 saturated heterocycles. The number of aliphatic hydroxyl groups excluding tert-OH is 1. The molecule has 3 N–H and O–H groups in total. The van der Waals surface area contributed by atoms with Crippen molar-refractivity contribution in [3.63, 3.8) is 0 Å². The van der Waals surface area contributed by atoms with Gasteiger partial charge in [-0.1, -0.05) is 35.4 Å². The maximum absolute atomic E-state index is 12.6. The fourth-order valence-corrected chi connectivity index (χ4v) is 4.67. The molecule has 214 valence electrons. The fourth-order valence-electron chi connectivity index (χ4n) is 4.11. The Bertz CT molecular complexity index is 1050. The molecule has 13 heteroatoms. The van der Waals surface area contributed by atoms with Crippen LogP contribution in [0.2, 0.25) is 0 Å². The summed E-state index contributed by atoms with van der Waals surface area (Å²) in [5, 5.41) is 13.9. The molecule has 4 atom stereocenters. The Balaban J connectivity index is 2.06. The van der Waals surface area contributed by atoms with Gasteiger partial charge < -0.3 is 24.6 Å². The van der Waals surface area contributed by atoms with Gasteiger partial charge in [0, 0.05) is 37.8 Å². The average molecular weight is 578 g/mol. The number of allylic oxidation sites excluding steroid dienone is 3. The van der Waals surface area contributed by atoms with Crippen molar-refractivity contribution in [1.82, 2.24) is 5.32 Å². The van der Waals surface area contributed by atoms with Crippen molar-refractivity contribution in [1.29, 1.82) is 0 Å². The second-order valence-corrected chi connectivity index (χ2v) is 11.4. The molecule has 0 aromatic heterocycles. The molecule has 0 aliphatic carbocycles. The first-order valence-electron chi connectivity index (χ1n) is 12.4. The molecule has 0 unspecified atom stereocenters. The van der Waals surface area contributed by atoms with Crippen LogP contribution in [-0.2, 0) is 38.7 Å². The SMILES string of the molecule is CC(=O)OC/C1=C/C/C=C(/Cl)CC[C@H]2C[C@@H](OC(=O)CC1)[C@@H]([C@H](O)/C=C(\C)CC(=O)NCCS(=O)(=O)O)O2. The standard InChI is InChI=1S/C25H36ClNO10S/c1-16(13-23(30)27-10-11-38(32,33)34)12-21(29)25-22-14-20(36-25)8-7-19(26)5-3-4-18(15-35-17(2)28)6-9-24(31)37-22/h4-5,12,20-22,25,29H,3,6-11,13-15H2,1-2H3,(H,27,30)(H,32,33,34)/b16-12+,18-4+,19-5+/t20-,21+,22+,25+/m0/s1. The molecular formula is C25H36ClNO10S. The molecule has 0 spiro atoms. The maximum Gasteiger partial charge on any atom is 0.306 e. The lowest BCUT2D eigenvalue weighted by Crippen LogP contribution is -2.36. The molecule has 1 fully saturated rings. The lowest BCUT2D eigenvalue weighted by molar-refractivity contribution is -0.154. The summed E-state index contributed by atoms with van der Waals surface area (Å²) in [6.45, 7) is 2.75. The summed E-state index contributed by atoms with van der Waals surface area (Å²) < 4.78 is 47.1. The highest BCUT2D eigenvalue weighted by Crippen LogP contribution is 2.31. The lowest BCUT2D eigenvalue weighted by Gasteiger charge is -2.23. The summed E-state index contributed by atoms with van der Waals surface area (Å²) in [7, 11) is -4.19. The van der Waals surface area contributed by atoms with E-state index < -0.39 is 52.0 Å². The van der Waals surface area contributed by atoms with Crippen molar-refractivity contribution in [3.05, 3.63) is 34.4 Å². The predicted octanol–water partition coefficient (Wildman–Crippen LogP) is 2.33. The van der Waals surface area contributed by atoms with Gasteiger partial charge in [0.15, 0.2) is 0 Å². The first-order valence-corrected chi connectivity index (χ1v) is 14.4. The summed E-state index contributed by atoms with van der Waals surface area (Å²) in [5.74, 6) is -1.98. The van der Waals surface area contributed by atoms with Crippen molar-refractivity contribution >= 4 is 39.6 Å². The van der Waals surface area contributed by atoms with Gasteiger partial charge in [-0.05, 0) is 38.2 Å². The summed E-state index contributed by atoms with van der Waals surface area (Å²) in [6.07, 6.45) is 4.35. The zero-order chi connectivity index (χ0) is 28.3. The van der Waals surface area contributed by atoms with Gasteiger partial charge >= 0.3 is 11.9 Å². The van der Waals surface area contributed by atoms with E-state index in [0.29, 0.717) is 42.7 Å². The van der Waals surface area contributed by atoms with Crippen LogP contribution >= 0.6 is 11.6 Å². The molecule has 2 bridgehead atoms. The summed E-state index contributed by atoms with van der Waals surface area (Å²) in [5.41, 5.74) is 1.26. The van der Waals surface area contributed by atoms with Gasteiger partial charge in [0.05, 0.1) is 11.9 Å². The van der Waals surface area contributed by atoms with E-state index in [1.807, 2.05) is 12.2 Å². The quantitative estimate of drug-likeness (QED) is 0.210. The van der Waals surface area contributed by atoms with E-state index in [0.717, 1.165) is 5.57 Å². The molecule has 11 nitrogen and oxygen atoms in total. The van der Waals surface area contributed by atoms with Crippen LogP contribution < -0.4 is 5.32 Å². The smallest absolute Gasteiger partial charge is 0.306 e. The van der Waals surface area contributed by atoms with Crippen molar-refractivity contribution in [3.8, 4) is 0 Å². The number of hydrogen-bond acceptors (Lipinski definition) is 9. The van der Waals surface area contributed by atoms with Crippen LogP contribution in [0.15, 0.2) is 34.4 Å². The fraction of sp³-hybridized carbons (Fsp3) is 0.640. The second kappa shape index (κ2) is 15.4. The third-order valence-electron chi connectivity index (χ3n) is 5.97. The molecule has 0 saturated carbocycles. The number of halogens is 1. The minimum absolute atomic E-state index is 0.0487. The Labute approximate surface area is 228 Å². The molecular weight excluding hydrogens is 542 g/mol. The number of rotatable bonds is 9. The van der Waals surface area contributed by atoms with E-state index in [-0.39, 0.29) is 32.1 Å². The van der Waals surface area contributed by atoms with Crippen LogP contribution in [0.3, 0.4) is 0 Å². The number of carbonyl (C=O) groups excluding carboxylic acids is 3. The highest BCUT2D eigenvalue weighted by atomic mass is 35.5. The Morgan fingerprint density at radius 1 is 1.26 bits per heavy atom. The zero-order valence-electron chi connectivity index (χ0n) is 21.6. The molecule has 0 radical (unpaired) electrons. The summed E-state index contributed by atoms with van der Waals surface area (Å²) in [6, 6.07) is 0. The van der Waals surface area contributed by atoms with Gasteiger partial charge in [-0.25, -0.2) is 0 Å². The number of aliphatic hydroxyl groups is 1. The Morgan fingerprint density at radius 3 is 2.68 bits per heavy atom. The van der Waals surface area contributed by atoms with Crippen molar-refractivity contribution in [2.45, 2.75) is 83.2 Å². The topological polar surface area (TPSA) is 166 Å². The monoisotopic (exact) mass is 577 g/mol. The van der Waals surface area contributed by atoms with E-state index in [1.165, 1.54) is 13.0 Å². The molecule has 2 aliphatic rings. The minimum atomic E-state index is -4.19. The highest BCUT2D eigenvalue weighted by molar-refractivity contribution is 7.85. The molecule has 38 heavy (non-hydrogen) atoms.